The van der Waals surface area contributed by atoms with E-state index in [1.165, 1.54) is 22.3 Å². The van der Waals surface area contributed by atoms with Crippen molar-refractivity contribution in [1.82, 2.24) is 19.9 Å². The lowest BCUT2D eigenvalue weighted by molar-refractivity contribution is 1.36. The number of hydrogen-bond acceptors (Lipinski definition) is 4. The van der Waals surface area contributed by atoms with Gasteiger partial charge in [0.05, 0.1) is 33.1 Å². The van der Waals surface area contributed by atoms with Crippen LogP contribution in [0.3, 0.4) is 0 Å². The van der Waals surface area contributed by atoms with E-state index in [2.05, 4.69) is 121 Å². The third-order valence-corrected chi connectivity index (χ3v) is 8.76. The van der Waals surface area contributed by atoms with Crippen LogP contribution < -0.4 is 0 Å². The molecule has 0 aliphatic rings. The van der Waals surface area contributed by atoms with E-state index >= 15 is 0 Å². The van der Waals surface area contributed by atoms with Gasteiger partial charge in [-0.2, -0.15) is 0 Å². The summed E-state index contributed by atoms with van der Waals surface area (Å²) >= 11 is 0. The monoisotopic (exact) mass is 586 g/mol. The molecule has 0 N–H and O–H groups in total. The van der Waals surface area contributed by atoms with Gasteiger partial charge >= 0.3 is 0 Å². The zero-order valence-corrected chi connectivity index (χ0v) is 24.8. The van der Waals surface area contributed by atoms with Crippen molar-refractivity contribution in [3.05, 3.63) is 158 Å². The van der Waals surface area contributed by atoms with E-state index in [4.69, 9.17) is 19.9 Å². The first-order valence-corrected chi connectivity index (χ1v) is 15.4. The fourth-order valence-electron chi connectivity index (χ4n) is 6.47. The molecule has 0 unspecified atom stereocenters. The van der Waals surface area contributed by atoms with Crippen LogP contribution in [-0.2, 0) is 0 Å². The minimum Gasteiger partial charge on any atom is -0.254 e. The van der Waals surface area contributed by atoms with E-state index in [1.807, 2.05) is 36.7 Å². The predicted octanol–water partition coefficient (Wildman–Crippen LogP) is 10.5. The zero-order chi connectivity index (χ0) is 30.5. The number of fused-ring (bicyclic) bond motifs is 7. The van der Waals surface area contributed by atoms with Crippen molar-refractivity contribution in [2.45, 2.75) is 0 Å². The number of pyridine rings is 2. The van der Waals surface area contributed by atoms with Gasteiger partial charge in [-0.25, -0.2) is 9.97 Å². The van der Waals surface area contributed by atoms with Crippen LogP contribution in [0.15, 0.2) is 158 Å². The van der Waals surface area contributed by atoms with Crippen LogP contribution in [0.2, 0.25) is 0 Å². The molecule has 0 saturated heterocycles. The Labute approximate surface area is 265 Å². The van der Waals surface area contributed by atoms with E-state index in [0.717, 1.165) is 66.1 Å². The smallest absolute Gasteiger partial charge is 0.0996 e. The number of aromatic nitrogens is 4. The third-order valence-electron chi connectivity index (χ3n) is 8.76. The summed E-state index contributed by atoms with van der Waals surface area (Å²) in [5.74, 6) is 0. The average Bonchev–Trinajstić information content (AvgIpc) is 3.15. The lowest BCUT2D eigenvalue weighted by atomic mass is 9.91. The first-order valence-electron chi connectivity index (χ1n) is 15.4. The quantitative estimate of drug-likeness (QED) is 0.152. The molecule has 4 nitrogen and oxygen atoms in total. The fraction of sp³-hybridized carbons (Fsp3) is 0. The summed E-state index contributed by atoms with van der Waals surface area (Å²) in [7, 11) is 0. The van der Waals surface area contributed by atoms with E-state index in [1.54, 1.807) is 0 Å². The van der Waals surface area contributed by atoms with Crippen LogP contribution in [0.1, 0.15) is 0 Å². The molecule has 46 heavy (non-hydrogen) atoms. The van der Waals surface area contributed by atoms with Gasteiger partial charge in [-0.1, -0.05) is 109 Å². The minimum absolute atomic E-state index is 0.835. The Hall–Kier alpha value is -6.26. The van der Waals surface area contributed by atoms with Crippen LogP contribution in [0.4, 0.5) is 0 Å². The Kier molecular flexibility index (Phi) is 6.10. The lowest BCUT2D eigenvalue weighted by Gasteiger charge is -2.15. The molecule has 0 radical (unpaired) electrons. The predicted molar refractivity (Wildman–Crippen MR) is 189 cm³/mol. The van der Waals surface area contributed by atoms with Gasteiger partial charge in [-0.05, 0) is 80.9 Å². The fourth-order valence-corrected chi connectivity index (χ4v) is 6.47. The van der Waals surface area contributed by atoms with Gasteiger partial charge < -0.3 is 0 Å². The molecule has 0 aliphatic carbocycles. The largest absolute Gasteiger partial charge is 0.254 e. The molecule has 0 bridgehead atoms. The molecule has 6 aromatic carbocycles. The van der Waals surface area contributed by atoms with Crippen molar-refractivity contribution in [2.75, 3.05) is 0 Å². The molecule has 0 atom stereocenters. The minimum atomic E-state index is 0.835. The molecular formula is C42H26N4. The van der Waals surface area contributed by atoms with Gasteiger partial charge in [0.1, 0.15) is 0 Å². The summed E-state index contributed by atoms with van der Waals surface area (Å²) < 4.78 is 0. The summed E-state index contributed by atoms with van der Waals surface area (Å²) in [5, 5.41) is 1.90. The van der Waals surface area contributed by atoms with Gasteiger partial charge in [0.2, 0.25) is 0 Å². The van der Waals surface area contributed by atoms with Crippen molar-refractivity contribution in [2.24, 2.45) is 0 Å². The molecule has 3 heterocycles. The van der Waals surface area contributed by atoms with E-state index in [0.29, 0.717) is 0 Å². The maximum Gasteiger partial charge on any atom is 0.0996 e. The molecule has 0 aliphatic heterocycles. The topological polar surface area (TPSA) is 51.6 Å². The van der Waals surface area contributed by atoms with E-state index < -0.39 is 0 Å². The van der Waals surface area contributed by atoms with Crippen LogP contribution in [0.5, 0.6) is 0 Å². The van der Waals surface area contributed by atoms with Crippen LogP contribution in [0.25, 0.3) is 88.4 Å². The highest BCUT2D eigenvalue weighted by Crippen LogP contribution is 2.39. The molecule has 0 amide bonds. The normalized spacial score (nSPS) is 11.5. The molecule has 0 saturated carbocycles. The third kappa shape index (κ3) is 4.39. The Balaban J connectivity index is 1.28. The van der Waals surface area contributed by atoms with Crippen LogP contribution >= 0.6 is 0 Å². The maximum atomic E-state index is 5.27. The molecule has 0 spiro atoms. The summed E-state index contributed by atoms with van der Waals surface area (Å²) in [6.07, 6.45) is 3.62. The highest BCUT2D eigenvalue weighted by molar-refractivity contribution is 6.21. The lowest BCUT2D eigenvalue weighted by Crippen LogP contribution is -1.95. The highest BCUT2D eigenvalue weighted by Gasteiger charge is 2.17. The molecule has 3 aromatic heterocycles. The van der Waals surface area contributed by atoms with Gasteiger partial charge in [0.15, 0.2) is 0 Å². The first kappa shape index (κ1) is 26.2. The van der Waals surface area contributed by atoms with Crippen molar-refractivity contribution in [3.63, 3.8) is 0 Å². The standard InChI is InChI=1S/C42H26N4/c1-3-9-27(10-4-1)29-15-19-31(20-16-29)35-25-37-38(26-36(35)32-21-17-30(18-22-32)28-11-5-2-6-12-28)46-42-34-14-8-24-44-40(34)39-33(41(42)45-37)13-7-23-43-39/h1-26H. The van der Waals surface area contributed by atoms with Gasteiger partial charge in [0, 0.05) is 23.2 Å². The molecule has 9 rings (SSSR count). The summed E-state index contributed by atoms with van der Waals surface area (Å²) in [4.78, 5) is 19.9. The van der Waals surface area contributed by atoms with Crippen molar-refractivity contribution in [3.8, 4) is 44.5 Å². The van der Waals surface area contributed by atoms with E-state index in [-0.39, 0.29) is 0 Å². The van der Waals surface area contributed by atoms with Gasteiger partial charge in [0.25, 0.3) is 0 Å². The summed E-state index contributed by atoms with van der Waals surface area (Å²) in [6.45, 7) is 0. The first-order chi connectivity index (χ1) is 22.8. The Morgan fingerprint density at radius 1 is 0.304 bits per heavy atom. The Morgan fingerprint density at radius 2 is 0.674 bits per heavy atom. The van der Waals surface area contributed by atoms with Gasteiger partial charge in [-0.15, -0.1) is 0 Å². The molecule has 4 heteroatoms. The molecule has 0 fully saturated rings. The zero-order valence-electron chi connectivity index (χ0n) is 24.8. The summed E-state index contributed by atoms with van der Waals surface area (Å²) in [6, 6.07) is 51.0. The number of hydrogen-bond donors (Lipinski definition) is 0. The molecular weight excluding hydrogens is 560 g/mol. The average molecular weight is 587 g/mol. The van der Waals surface area contributed by atoms with Gasteiger partial charge in [-0.3, -0.25) is 9.97 Å². The Morgan fingerprint density at radius 3 is 1.09 bits per heavy atom. The maximum absolute atomic E-state index is 5.27. The van der Waals surface area contributed by atoms with Crippen LogP contribution in [-0.4, -0.2) is 19.9 Å². The molecule has 9 aromatic rings. The molecule has 214 valence electrons. The highest BCUT2D eigenvalue weighted by atomic mass is 14.8. The van der Waals surface area contributed by atoms with E-state index in [9.17, 15) is 0 Å². The Bertz CT molecular complexity index is 2360. The number of rotatable bonds is 4. The van der Waals surface area contributed by atoms with Crippen molar-refractivity contribution in [1.29, 1.82) is 0 Å². The second-order valence-electron chi connectivity index (χ2n) is 11.5. The summed E-state index contributed by atoms with van der Waals surface area (Å²) in [5.41, 5.74) is 14.3. The number of nitrogens with zero attached hydrogens (tertiary/aromatic N) is 4. The van der Waals surface area contributed by atoms with Crippen molar-refractivity contribution < 1.29 is 0 Å². The second-order valence-corrected chi connectivity index (χ2v) is 11.5. The number of benzene rings is 6. The second kappa shape index (κ2) is 10.7. The van der Waals surface area contributed by atoms with Crippen molar-refractivity contribution >= 4 is 43.9 Å². The SMILES string of the molecule is c1ccc(-c2ccc(-c3cc4nc5c6cccnc6c6ncccc6c5nc4cc3-c3ccc(-c4ccccc4)cc3)cc2)cc1. The van der Waals surface area contributed by atoms with Crippen LogP contribution in [0, 0.1) is 0 Å².